The number of rotatable bonds is 7. The van der Waals surface area contributed by atoms with Crippen LogP contribution in [0.1, 0.15) is 12.8 Å². The van der Waals surface area contributed by atoms with Gasteiger partial charge < -0.3 is 14.4 Å². The Labute approximate surface area is 124 Å². The van der Waals surface area contributed by atoms with Crippen LogP contribution in [0.5, 0.6) is 11.5 Å². The molecular formula is C15H22BrNO2. The SMILES string of the molecule is COc1ccccc1OCCN(C)CC1CC(Br)C1. The quantitative estimate of drug-likeness (QED) is 0.718. The summed E-state index contributed by atoms with van der Waals surface area (Å²) in [7, 11) is 3.83. The van der Waals surface area contributed by atoms with Gasteiger partial charge >= 0.3 is 0 Å². The van der Waals surface area contributed by atoms with Crippen molar-refractivity contribution in [2.45, 2.75) is 17.7 Å². The van der Waals surface area contributed by atoms with Gasteiger partial charge in [-0.1, -0.05) is 28.1 Å². The fraction of sp³-hybridized carbons (Fsp3) is 0.600. The highest BCUT2D eigenvalue weighted by atomic mass is 79.9. The topological polar surface area (TPSA) is 21.7 Å². The number of alkyl halides is 1. The first-order chi connectivity index (χ1) is 9.19. The molecule has 19 heavy (non-hydrogen) atoms. The zero-order valence-corrected chi connectivity index (χ0v) is 13.2. The molecule has 2 rings (SSSR count). The summed E-state index contributed by atoms with van der Waals surface area (Å²) in [5.41, 5.74) is 0. The van der Waals surface area contributed by atoms with E-state index in [4.69, 9.17) is 9.47 Å². The van der Waals surface area contributed by atoms with E-state index in [0.717, 1.165) is 35.3 Å². The molecule has 0 radical (unpaired) electrons. The summed E-state index contributed by atoms with van der Waals surface area (Å²) in [4.78, 5) is 3.09. The summed E-state index contributed by atoms with van der Waals surface area (Å²) >= 11 is 3.63. The molecule has 1 aliphatic rings. The van der Waals surface area contributed by atoms with Gasteiger partial charge in [-0.05, 0) is 37.9 Å². The lowest BCUT2D eigenvalue weighted by atomic mass is 9.85. The van der Waals surface area contributed by atoms with Gasteiger partial charge in [0.05, 0.1) is 7.11 Å². The van der Waals surface area contributed by atoms with Crippen molar-refractivity contribution in [3.8, 4) is 11.5 Å². The minimum absolute atomic E-state index is 0.696. The van der Waals surface area contributed by atoms with Crippen LogP contribution in [-0.2, 0) is 0 Å². The Kier molecular flexibility index (Phi) is 5.52. The van der Waals surface area contributed by atoms with Crippen molar-refractivity contribution in [1.82, 2.24) is 4.90 Å². The highest BCUT2D eigenvalue weighted by molar-refractivity contribution is 9.09. The van der Waals surface area contributed by atoms with E-state index >= 15 is 0 Å². The van der Waals surface area contributed by atoms with Gasteiger partial charge in [-0.25, -0.2) is 0 Å². The molecular weight excluding hydrogens is 306 g/mol. The molecule has 106 valence electrons. The molecule has 0 aliphatic heterocycles. The summed E-state index contributed by atoms with van der Waals surface area (Å²) in [6, 6.07) is 7.78. The third-order valence-corrected chi connectivity index (χ3v) is 4.30. The van der Waals surface area contributed by atoms with Gasteiger partial charge in [-0.3, -0.25) is 0 Å². The third-order valence-electron chi connectivity index (χ3n) is 3.55. The molecule has 0 heterocycles. The smallest absolute Gasteiger partial charge is 0.161 e. The number of benzene rings is 1. The van der Waals surface area contributed by atoms with Gasteiger partial charge in [0.15, 0.2) is 11.5 Å². The Bertz CT molecular complexity index is 393. The summed E-state index contributed by atoms with van der Waals surface area (Å²) in [5.74, 6) is 2.47. The largest absolute Gasteiger partial charge is 0.493 e. The second kappa shape index (κ2) is 7.15. The molecule has 3 nitrogen and oxygen atoms in total. The highest BCUT2D eigenvalue weighted by Gasteiger charge is 2.27. The fourth-order valence-corrected chi connectivity index (χ4v) is 3.44. The zero-order valence-electron chi connectivity index (χ0n) is 11.6. The summed E-state index contributed by atoms with van der Waals surface area (Å²) in [5, 5.41) is 0. The van der Waals surface area contributed by atoms with E-state index in [1.165, 1.54) is 12.8 Å². The lowest BCUT2D eigenvalue weighted by molar-refractivity contribution is 0.180. The normalized spacial score (nSPS) is 22.1. The second-order valence-electron chi connectivity index (χ2n) is 5.20. The highest BCUT2D eigenvalue weighted by Crippen LogP contribution is 2.33. The van der Waals surface area contributed by atoms with Gasteiger partial charge in [-0.15, -0.1) is 0 Å². The minimum Gasteiger partial charge on any atom is -0.493 e. The summed E-state index contributed by atoms with van der Waals surface area (Å²) < 4.78 is 11.0. The van der Waals surface area contributed by atoms with Crippen LogP contribution in [0.15, 0.2) is 24.3 Å². The summed E-state index contributed by atoms with van der Waals surface area (Å²) in [6.45, 7) is 2.81. The lowest BCUT2D eigenvalue weighted by Gasteiger charge is -2.34. The monoisotopic (exact) mass is 327 g/mol. The van der Waals surface area contributed by atoms with E-state index in [9.17, 15) is 0 Å². The number of likely N-dealkylation sites (N-methyl/N-ethyl adjacent to an activating group) is 1. The van der Waals surface area contributed by atoms with Crippen LogP contribution in [0.4, 0.5) is 0 Å². The number of nitrogens with zero attached hydrogens (tertiary/aromatic N) is 1. The maximum Gasteiger partial charge on any atom is 0.161 e. The number of halogens is 1. The molecule has 0 spiro atoms. The first-order valence-corrected chi connectivity index (χ1v) is 7.69. The number of para-hydroxylation sites is 2. The van der Waals surface area contributed by atoms with Crippen molar-refractivity contribution >= 4 is 15.9 Å². The minimum atomic E-state index is 0.696. The average Bonchev–Trinajstić information content (AvgIpc) is 2.37. The second-order valence-corrected chi connectivity index (χ2v) is 6.49. The van der Waals surface area contributed by atoms with Gasteiger partial charge in [0.1, 0.15) is 6.61 Å². The van der Waals surface area contributed by atoms with Crippen LogP contribution >= 0.6 is 15.9 Å². The maximum absolute atomic E-state index is 5.78. The first-order valence-electron chi connectivity index (χ1n) is 6.77. The third kappa shape index (κ3) is 4.39. The van der Waals surface area contributed by atoms with Gasteiger partial charge in [0.25, 0.3) is 0 Å². The number of hydrogen-bond acceptors (Lipinski definition) is 3. The predicted octanol–water partition coefficient (Wildman–Crippen LogP) is 3.18. The van der Waals surface area contributed by atoms with Crippen molar-refractivity contribution < 1.29 is 9.47 Å². The van der Waals surface area contributed by atoms with Crippen molar-refractivity contribution in [2.24, 2.45) is 5.92 Å². The van der Waals surface area contributed by atoms with E-state index < -0.39 is 0 Å². The Balaban J connectivity index is 1.68. The Morgan fingerprint density at radius 2 is 1.95 bits per heavy atom. The maximum atomic E-state index is 5.78. The van der Waals surface area contributed by atoms with Crippen LogP contribution in [0.3, 0.4) is 0 Å². The van der Waals surface area contributed by atoms with E-state index in [-0.39, 0.29) is 0 Å². The molecule has 0 aromatic heterocycles. The standard InChI is InChI=1S/C15H22BrNO2/c1-17(11-12-9-13(16)10-12)7-8-19-15-6-4-3-5-14(15)18-2/h3-6,12-13H,7-11H2,1-2H3. The molecule has 0 amide bonds. The predicted molar refractivity (Wildman–Crippen MR) is 81.4 cm³/mol. The lowest BCUT2D eigenvalue weighted by Crippen LogP contribution is -2.36. The Morgan fingerprint density at radius 1 is 1.26 bits per heavy atom. The average molecular weight is 328 g/mol. The molecule has 0 atom stereocenters. The molecule has 0 bridgehead atoms. The Morgan fingerprint density at radius 3 is 2.58 bits per heavy atom. The van der Waals surface area contributed by atoms with Crippen LogP contribution in [0, 0.1) is 5.92 Å². The number of methoxy groups -OCH3 is 1. The van der Waals surface area contributed by atoms with Crippen LogP contribution < -0.4 is 9.47 Å². The first kappa shape index (κ1) is 14.7. The van der Waals surface area contributed by atoms with Gasteiger partial charge in [0.2, 0.25) is 0 Å². The molecule has 1 aromatic rings. The fourth-order valence-electron chi connectivity index (χ4n) is 2.38. The van der Waals surface area contributed by atoms with Crippen LogP contribution in [0.25, 0.3) is 0 Å². The van der Waals surface area contributed by atoms with Crippen molar-refractivity contribution in [1.29, 1.82) is 0 Å². The van der Waals surface area contributed by atoms with Crippen LogP contribution in [-0.4, -0.2) is 43.6 Å². The zero-order chi connectivity index (χ0) is 13.7. The molecule has 4 heteroatoms. The molecule has 0 unspecified atom stereocenters. The van der Waals surface area contributed by atoms with E-state index in [2.05, 4.69) is 27.9 Å². The molecule has 1 saturated carbocycles. The summed E-state index contributed by atoms with van der Waals surface area (Å²) in [6.07, 6.45) is 2.61. The molecule has 1 aliphatic carbocycles. The molecule has 1 fully saturated rings. The van der Waals surface area contributed by atoms with Crippen molar-refractivity contribution in [3.63, 3.8) is 0 Å². The number of ether oxygens (including phenoxy) is 2. The Hall–Kier alpha value is -0.740. The van der Waals surface area contributed by atoms with E-state index in [1.807, 2.05) is 24.3 Å². The molecule has 1 aromatic carbocycles. The van der Waals surface area contributed by atoms with E-state index in [1.54, 1.807) is 7.11 Å². The molecule has 0 saturated heterocycles. The van der Waals surface area contributed by atoms with Crippen molar-refractivity contribution in [3.05, 3.63) is 24.3 Å². The van der Waals surface area contributed by atoms with Gasteiger partial charge in [0, 0.05) is 17.9 Å². The number of hydrogen-bond donors (Lipinski definition) is 0. The van der Waals surface area contributed by atoms with Gasteiger partial charge in [-0.2, -0.15) is 0 Å². The van der Waals surface area contributed by atoms with Crippen molar-refractivity contribution in [2.75, 3.05) is 33.9 Å². The van der Waals surface area contributed by atoms with E-state index in [0.29, 0.717) is 6.61 Å². The van der Waals surface area contributed by atoms with Crippen LogP contribution in [0.2, 0.25) is 0 Å². The molecule has 0 N–H and O–H groups in total.